The van der Waals surface area contributed by atoms with Crippen molar-refractivity contribution >= 4 is 10.9 Å². The Balaban J connectivity index is 2.50. The third-order valence-electron chi connectivity index (χ3n) is 2.17. The molecule has 0 unspecified atom stereocenters. The van der Waals surface area contributed by atoms with E-state index in [1.165, 1.54) is 0 Å². The molecule has 0 saturated heterocycles. The van der Waals surface area contributed by atoms with Crippen LogP contribution in [0.1, 0.15) is 5.56 Å². The van der Waals surface area contributed by atoms with Crippen LogP contribution in [-0.4, -0.2) is 18.1 Å². The van der Waals surface area contributed by atoms with Crippen molar-refractivity contribution in [2.24, 2.45) is 5.73 Å². The Kier molecular flexibility index (Phi) is 2.99. The summed E-state index contributed by atoms with van der Waals surface area (Å²) < 4.78 is 5.33. The second-order valence-electron chi connectivity index (χ2n) is 3.28. The van der Waals surface area contributed by atoms with Crippen molar-refractivity contribution in [3.05, 3.63) is 35.9 Å². The predicted molar refractivity (Wildman–Crippen MR) is 61.0 cm³/mol. The lowest BCUT2D eigenvalue weighted by molar-refractivity contribution is 0.316. The molecule has 0 aliphatic heterocycles. The largest absolute Gasteiger partial charge is 0.475 e. The third kappa shape index (κ3) is 1.95. The second-order valence-corrected chi connectivity index (χ2v) is 3.28. The normalized spacial score (nSPS) is 10.0. The molecule has 0 bridgehead atoms. The van der Waals surface area contributed by atoms with Crippen LogP contribution in [0.3, 0.4) is 0 Å². The molecular weight excluding hydrogens is 202 g/mol. The number of nitrogens with two attached hydrogens (primary N) is 1. The van der Waals surface area contributed by atoms with Crippen molar-refractivity contribution < 1.29 is 4.74 Å². The minimum atomic E-state index is 0.353. The number of nitrogens with zero attached hydrogens (tertiary/aromatic N) is 2. The zero-order valence-electron chi connectivity index (χ0n) is 8.68. The fourth-order valence-corrected chi connectivity index (χ4v) is 1.44. The number of ether oxygens (including phenoxy) is 1. The molecule has 4 nitrogen and oxygen atoms in total. The van der Waals surface area contributed by atoms with Gasteiger partial charge in [0, 0.05) is 11.9 Å². The smallest absolute Gasteiger partial charge is 0.232 e. The number of fused-ring (bicyclic) bond motifs is 1. The number of para-hydroxylation sites is 1. The predicted octanol–water partition coefficient (Wildman–Crippen LogP) is 1.44. The summed E-state index contributed by atoms with van der Waals surface area (Å²) in [5, 5.41) is 9.91. The van der Waals surface area contributed by atoms with Gasteiger partial charge >= 0.3 is 0 Å². The summed E-state index contributed by atoms with van der Waals surface area (Å²) in [6.07, 6.45) is 0. The highest BCUT2D eigenvalue weighted by atomic mass is 16.5. The van der Waals surface area contributed by atoms with Crippen LogP contribution in [0.2, 0.25) is 0 Å². The fraction of sp³-hybridized carbons (Fsp3) is 0.167. The van der Waals surface area contributed by atoms with Crippen LogP contribution < -0.4 is 10.5 Å². The molecule has 4 heteroatoms. The SMILES string of the molecule is N#Cc1cc2ccccc2nc1OCCN. The van der Waals surface area contributed by atoms with Crippen LogP contribution in [0.25, 0.3) is 10.9 Å². The van der Waals surface area contributed by atoms with Crippen molar-refractivity contribution in [2.75, 3.05) is 13.2 Å². The molecule has 1 aromatic carbocycles. The molecule has 2 rings (SSSR count). The maximum absolute atomic E-state index is 8.98. The number of benzene rings is 1. The Labute approximate surface area is 93.3 Å². The molecule has 0 radical (unpaired) electrons. The van der Waals surface area contributed by atoms with Gasteiger partial charge < -0.3 is 10.5 Å². The molecule has 1 aromatic heterocycles. The van der Waals surface area contributed by atoms with Crippen molar-refractivity contribution in [2.45, 2.75) is 0 Å². The quantitative estimate of drug-likeness (QED) is 0.837. The van der Waals surface area contributed by atoms with Gasteiger partial charge in [0.15, 0.2) is 0 Å². The van der Waals surface area contributed by atoms with E-state index in [-0.39, 0.29) is 0 Å². The highest BCUT2D eigenvalue weighted by molar-refractivity contribution is 5.80. The number of rotatable bonds is 3. The van der Waals surface area contributed by atoms with Gasteiger partial charge in [-0.05, 0) is 12.1 Å². The lowest BCUT2D eigenvalue weighted by Crippen LogP contribution is -2.12. The summed E-state index contributed by atoms with van der Waals surface area (Å²) in [5.74, 6) is 0.353. The van der Waals surface area contributed by atoms with Crippen LogP contribution in [-0.2, 0) is 0 Å². The zero-order valence-corrected chi connectivity index (χ0v) is 8.68. The van der Waals surface area contributed by atoms with Gasteiger partial charge in [0.2, 0.25) is 5.88 Å². The first-order valence-electron chi connectivity index (χ1n) is 4.98. The number of hydrogen-bond acceptors (Lipinski definition) is 4. The van der Waals surface area contributed by atoms with Crippen molar-refractivity contribution in [1.82, 2.24) is 4.98 Å². The monoisotopic (exact) mass is 213 g/mol. The summed E-state index contributed by atoms with van der Waals surface area (Å²) >= 11 is 0. The number of aromatic nitrogens is 1. The Bertz CT molecular complexity index is 545. The van der Waals surface area contributed by atoms with E-state index < -0.39 is 0 Å². The second kappa shape index (κ2) is 4.60. The van der Waals surface area contributed by atoms with E-state index in [9.17, 15) is 0 Å². The minimum absolute atomic E-state index is 0.353. The van der Waals surface area contributed by atoms with Gasteiger partial charge in [-0.2, -0.15) is 5.26 Å². The maximum atomic E-state index is 8.98. The van der Waals surface area contributed by atoms with Gasteiger partial charge in [-0.1, -0.05) is 18.2 Å². The van der Waals surface area contributed by atoms with Gasteiger partial charge in [-0.25, -0.2) is 4.98 Å². The molecule has 1 heterocycles. The third-order valence-corrected chi connectivity index (χ3v) is 2.17. The molecule has 0 aliphatic carbocycles. The molecule has 0 spiro atoms. The molecule has 2 N–H and O–H groups in total. The maximum Gasteiger partial charge on any atom is 0.232 e. The zero-order chi connectivity index (χ0) is 11.4. The van der Waals surface area contributed by atoms with Crippen molar-refractivity contribution in [3.8, 4) is 11.9 Å². The Hall–Kier alpha value is -2.12. The summed E-state index contributed by atoms with van der Waals surface area (Å²) in [6, 6.07) is 11.4. The number of pyridine rings is 1. The minimum Gasteiger partial charge on any atom is -0.475 e. The highest BCUT2D eigenvalue weighted by Crippen LogP contribution is 2.21. The van der Waals surface area contributed by atoms with E-state index in [2.05, 4.69) is 11.1 Å². The Morgan fingerprint density at radius 2 is 2.19 bits per heavy atom. The summed E-state index contributed by atoms with van der Waals surface area (Å²) in [6.45, 7) is 0.763. The summed E-state index contributed by atoms with van der Waals surface area (Å²) in [5.41, 5.74) is 6.60. The lowest BCUT2D eigenvalue weighted by Gasteiger charge is -2.06. The average molecular weight is 213 g/mol. The molecule has 80 valence electrons. The van der Waals surface area contributed by atoms with E-state index in [4.69, 9.17) is 15.7 Å². The molecule has 2 aromatic rings. The van der Waals surface area contributed by atoms with Gasteiger partial charge in [-0.3, -0.25) is 0 Å². The van der Waals surface area contributed by atoms with Crippen LogP contribution in [0.4, 0.5) is 0 Å². The fourth-order valence-electron chi connectivity index (χ4n) is 1.44. The molecule has 0 fully saturated rings. The Morgan fingerprint density at radius 1 is 1.38 bits per heavy atom. The number of hydrogen-bond donors (Lipinski definition) is 1. The van der Waals surface area contributed by atoms with E-state index in [0.717, 1.165) is 10.9 Å². The van der Waals surface area contributed by atoms with Crippen LogP contribution in [0.15, 0.2) is 30.3 Å². The van der Waals surface area contributed by atoms with Crippen LogP contribution in [0.5, 0.6) is 5.88 Å². The number of nitriles is 1. The molecule has 16 heavy (non-hydrogen) atoms. The summed E-state index contributed by atoms with van der Waals surface area (Å²) in [7, 11) is 0. The van der Waals surface area contributed by atoms with Gasteiger partial charge in [0.1, 0.15) is 18.2 Å². The van der Waals surface area contributed by atoms with E-state index in [0.29, 0.717) is 24.6 Å². The molecule has 0 saturated carbocycles. The first kappa shape index (κ1) is 10.4. The summed E-state index contributed by atoms with van der Waals surface area (Å²) in [4.78, 5) is 4.28. The van der Waals surface area contributed by atoms with E-state index >= 15 is 0 Å². The van der Waals surface area contributed by atoms with Gasteiger partial charge in [0.05, 0.1) is 5.52 Å². The van der Waals surface area contributed by atoms with Crippen molar-refractivity contribution in [3.63, 3.8) is 0 Å². The van der Waals surface area contributed by atoms with E-state index in [1.54, 1.807) is 6.07 Å². The average Bonchev–Trinajstić information content (AvgIpc) is 2.35. The van der Waals surface area contributed by atoms with Gasteiger partial charge in [-0.15, -0.1) is 0 Å². The molecular formula is C12H11N3O. The lowest BCUT2D eigenvalue weighted by atomic mass is 10.1. The molecule has 0 atom stereocenters. The standard InChI is InChI=1S/C12H11N3O/c13-5-6-16-12-10(8-14)7-9-3-1-2-4-11(9)15-12/h1-4,7H,5-6,13H2. The first-order valence-corrected chi connectivity index (χ1v) is 4.98. The van der Waals surface area contributed by atoms with Crippen molar-refractivity contribution in [1.29, 1.82) is 5.26 Å². The highest BCUT2D eigenvalue weighted by Gasteiger charge is 2.06. The Morgan fingerprint density at radius 3 is 2.94 bits per heavy atom. The van der Waals surface area contributed by atoms with Crippen LogP contribution in [0, 0.1) is 11.3 Å². The topological polar surface area (TPSA) is 71.9 Å². The first-order chi connectivity index (χ1) is 7.85. The van der Waals surface area contributed by atoms with Gasteiger partial charge in [0.25, 0.3) is 0 Å². The van der Waals surface area contributed by atoms with E-state index in [1.807, 2.05) is 24.3 Å². The molecule has 0 aliphatic rings. The molecule has 0 amide bonds. The van der Waals surface area contributed by atoms with Crippen LogP contribution >= 0.6 is 0 Å².